The molecule has 0 saturated carbocycles. The fourth-order valence-corrected chi connectivity index (χ4v) is 2.73. The molecule has 0 amide bonds. The van der Waals surface area contributed by atoms with Crippen molar-refractivity contribution in [3.8, 4) is 5.75 Å². The number of halogens is 1. The van der Waals surface area contributed by atoms with E-state index in [1.54, 1.807) is 7.11 Å². The topological polar surface area (TPSA) is 21.3 Å². The van der Waals surface area contributed by atoms with E-state index in [9.17, 15) is 0 Å². The lowest BCUT2D eigenvalue weighted by atomic mass is 9.72. The van der Waals surface area contributed by atoms with Crippen LogP contribution in [-0.2, 0) is 0 Å². The van der Waals surface area contributed by atoms with Gasteiger partial charge in [0.25, 0.3) is 0 Å². The van der Waals surface area contributed by atoms with Gasteiger partial charge in [-0.1, -0.05) is 25.4 Å². The summed E-state index contributed by atoms with van der Waals surface area (Å²) in [5.41, 5.74) is 3.67. The van der Waals surface area contributed by atoms with Gasteiger partial charge in [0.1, 0.15) is 5.75 Å². The maximum absolute atomic E-state index is 6.35. The summed E-state index contributed by atoms with van der Waals surface area (Å²) in [6, 6.07) is 2.36. The maximum atomic E-state index is 6.35. The van der Waals surface area contributed by atoms with Crippen LogP contribution in [0.25, 0.3) is 0 Å². The van der Waals surface area contributed by atoms with E-state index in [-0.39, 0.29) is 5.41 Å². The fraction of sp³-hybridized carbons (Fsp3) is 0.571. The highest BCUT2D eigenvalue weighted by molar-refractivity contribution is 6.32. The van der Waals surface area contributed by atoms with Gasteiger partial charge in [-0.15, -0.1) is 0 Å². The average molecular weight is 254 g/mol. The summed E-state index contributed by atoms with van der Waals surface area (Å²) in [7, 11) is 1.72. The third kappa shape index (κ3) is 1.94. The Bertz CT molecular complexity index is 454. The molecule has 1 heterocycles. The van der Waals surface area contributed by atoms with Crippen molar-refractivity contribution in [2.75, 3.05) is 13.7 Å². The highest BCUT2D eigenvalue weighted by Crippen LogP contribution is 2.46. The molecule has 1 aliphatic heterocycles. The Morgan fingerprint density at radius 1 is 1.41 bits per heavy atom. The molecule has 1 atom stereocenters. The Morgan fingerprint density at radius 2 is 2.06 bits per heavy atom. The number of hydrogen-bond donors (Lipinski definition) is 1. The first-order valence-electron chi connectivity index (χ1n) is 5.95. The second-order valence-corrected chi connectivity index (χ2v) is 5.93. The van der Waals surface area contributed by atoms with E-state index >= 15 is 0 Å². The molecule has 0 spiro atoms. The van der Waals surface area contributed by atoms with Crippen LogP contribution in [0.1, 0.15) is 36.6 Å². The Balaban J connectivity index is 2.56. The van der Waals surface area contributed by atoms with E-state index in [1.807, 2.05) is 13.0 Å². The Kier molecular flexibility index (Phi) is 3.13. The van der Waals surface area contributed by atoms with Crippen LogP contribution in [0.4, 0.5) is 0 Å². The molecular weight excluding hydrogens is 234 g/mol. The molecule has 0 aromatic heterocycles. The Hall–Kier alpha value is -0.730. The van der Waals surface area contributed by atoms with Crippen molar-refractivity contribution in [1.82, 2.24) is 5.32 Å². The molecule has 2 nitrogen and oxygen atoms in total. The minimum atomic E-state index is 0.261. The highest BCUT2D eigenvalue weighted by Gasteiger charge is 2.41. The lowest BCUT2D eigenvalue weighted by molar-refractivity contribution is 0.125. The Morgan fingerprint density at radius 3 is 2.47 bits per heavy atom. The molecule has 1 unspecified atom stereocenters. The lowest BCUT2D eigenvalue weighted by Crippen LogP contribution is -2.52. The van der Waals surface area contributed by atoms with E-state index in [1.165, 1.54) is 5.56 Å². The van der Waals surface area contributed by atoms with Crippen LogP contribution < -0.4 is 10.1 Å². The zero-order valence-electron chi connectivity index (χ0n) is 11.1. The fourth-order valence-electron chi connectivity index (χ4n) is 2.57. The molecule has 0 radical (unpaired) electrons. The van der Waals surface area contributed by atoms with E-state index in [0.717, 1.165) is 28.4 Å². The van der Waals surface area contributed by atoms with E-state index in [4.69, 9.17) is 16.3 Å². The van der Waals surface area contributed by atoms with Gasteiger partial charge >= 0.3 is 0 Å². The Labute approximate surface area is 108 Å². The maximum Gasteiger partial charge on any atom is 0.124 e. The molecule has 0 bridgehead atoms. The van der Waals surface area contributed by atoms with Gasteiger partial charge in [0, 0.05) is 23.2 Å². The van der Waals surface area contributed by atoms with Gasteiger partial charge in [-0.05, 0) is 36.5 Å². The average Bonchev–Trinajstić information content (AvgIpc) is 2.28. The monoisotopic (exact) mass is 253 g/mol. The molecule has 1 aromatic carbocycles. The van der Waals surface area contributed by atoms with Crippen molar-refractivity contribution >= 4 is 11.6 Å². The first kappa shape index (κ1) is 12.7. The first-order chi connectivity index (χ1) is 7.88. The number of ether oxygens (including phenoxy) is 1. The van der Waals surface area contributed by atoms with Crippen LogP contribution in [0.2, 0.25) is 5.02 Å². The molecule has 1 aliphatic rings. The van der Waals surface area contributed by atoms with Gasteiger partial charge < -0.3 is 10.1 Å². The lowest BCUT2D eigenvalue weighted by Gasteiger charge is -2.47. The van der Waals surface area contributed by atoms with Crippen molar-refractivity contribution in [2.45, 2.75) is 33.7 Å². The summed E-state index contributed by atoms with van der Waals surface area (Å²) in [6.45, 7) is 9.65. The smallest absolute Gasteiger partial charge is 0.124 e. The van der Waals surface area contributed by atoms with Crippen molar-refractivity contribution in [1.29, 1.82) is 0 Å². The molecule has 2 rings (SSSR count). The minimum absolute atomic E-state index is 0.261. The minimum Gasteiger partial charge on any atom is -0.496 e. The molecule has 1 saturated heterocycles. The van der Waals surface area contributed by atoms with Crippen LogP contribution in [-0.4, -0.2) is 13.7 Å². The summed E-state index contributed by atoms with van der Waals surface area (Å²) in [6.07, 6.45) is 0. The number of rotatable bonds is 2. The summed E-state index contributed by atoms with van der Waals surface area (Å²) >= 11 is 6.35. The molecule has 17 heavy (non-hydrogen) atoms. The number of hydrogen-bond acceptors (Lipinski definition) is 2. The molecule has 0 aliphatic carbocycles. The number of benzene rings is 1. The predicted octanol–water partition coefficient (Wildman–Crippen LogP) is 3.64. The second-order valence-electron chi connectivity index (χ2n) is 5.55. The zero-order valence-corrected chi connectivity index (χ0v) is 11.9. The van der Waals surface area contributed by atoms with Crippen molar-refractivity contribution < 1.29 is 4.74 Å². The third-order valence-corrected chi connectivity index (χ3v) is 4.33. The first-order valence-corrected chi connectivity index (χ1v) is 6.33. The van der Waals surface area contributed by atoms with Crippen LogP contribution in [0.3, 0.4) is 0 Å². The highest BCUT2D eigenvalue weighted by atomic mass is 35.5. The van der Waals surface area contributed by atoms with Crippen molar-refractivity contribution in [3.63, 3.8) is 0 Å². The quantitative estimate of drug-likeness (QED) is 0.869. The SMILES string of the molecule is COc1cc(C)c(Cl)c(C)c1C1NCC1(C)C. The second kappa shape index (κ2) is 4.18. The molecule has 94 valence electrons. The summed E-state index contributed by atoms with van der Waals surface area (Å²) in [5, 5.41) is 4.33. The van der Waals surface area contributed by atoms with E-state index in [2.05, 4.69) is 26.1 Å². The van der Waals surface area contributed by atoms with Gasteiger partial charge in [-0.25, -0.2) is 0 Å². The van der Waals surface area contributed by atoms with Crippen LogP contribution in [0.15, 0.2) is 6.07 Å². The van der Waals surface area contributed by atoms with Crippen molar-refractivity contribution in [3.05, 3.63) is 27.8 Å². The molecule has 1 N–H and O–H groups in total. The van der Waals surface area contributed by atoms with E-state index < -0.39 is 0 Å². The zero-order chi connectivity index (χ0) is 12.8. The predicted molar refractivity (Wildman–Crippen MR) is 72.0 cm³/mol. The number of methoxy groups -OCH3 is 1. The van der Waals surface area contributed by atoms with E-state index in [0.29, 0.717) is 6.04 Å². The van der Waals surface area contributed by atoms with Gasteiger partial charge in [-0.3, -0.25) is 0 Å². The van der Waals surface area contributed by atoms with Gasteiger partial charge in [0.2, 0.25) is 0 Å². The molecule has 3 heteroatoms. The number of nitrogens with one attached hydrogen (secondary N) is 1. The summed E-state index contributed by atoms with van der Waals surface area (Å²) in [4.78, 5) is 0. The standard InChI is InChI=1S/C14H20ClNO/c1-8-6-10(17-5)11(9(2)12(8)15)13-14(3,4)7-16-13/h6,13,16H,7H2,1-5H3. The molecular formula is C14H20ClNO. The van der Waals surface area contributed by atoms with Crippen LogP contribution in [0, 0.1) is 19.3 Å². The van der Waals surface area contributed by atoms with Gasteiger partial charge in [-0.2, -0.15) is 0 Å². The summed E-state index contributed by atoms with van der Waals surface area (Å²) in [5.74, 6) is 0.940. The number of aryl methyl sites for hydroxylation is 1. The van der Waals surface area contributed by atoms with Gasteiger partial charge in [0.05, 0.1) is 7.11 Å². The largest absolute Gasteiger partial charge is 0.496 e. The molecule has 1 fully saturated rings. The van der Waals surface area contributed by atoms with Gasteiger partial charge in [0.15, 0.2) is 0 Å². The van der Waals surface area contributed by atoms with Crippen LogP contribution in [0.5, 0.6) is 5.75 Å². The molecule has 1 aromatic rings. The van der Waals surface area contributed by atoms with Crippen molar-refractivity contribution in [2.24, 2.45) is 5.41 Å². The summed E-state index contributed by atoms with van der Waals surface area (Å²) < 4.78 is 5.51. The van der Waals surface area contributed by atoms with Crippen LogP contribution >= 0.6 is 11.6 Å². The third-order valence-electron chi connectivity index (χ3n) is 3.74. The normalized spacial score (nSPS) is 22.1.